The zero-order valence-corrected chi connectivity index (χ0v) is 17.1. The van der Waals surface area contributed by atoms with E-state index in [1.807, 2.05) is 0 Å². The molecule has 2 heterocycles. The number of guanidine groups is 1. The summed E-state index contributed by atoms with van der Waals surface area (Å²) in [6, 6.07) is 4.72. The Morgan fingerprint density at radius 1 is 1.14 bits per heavy atom. The SMILES string of the molecule is CCNC(=NCC1CCN(c2ccc(F)c(F)c2)C1)NCC1CCCN1CC. The molecule has 2 atom stereocenters. The molecule has 0 saturated carbocycles. The number of rotatable bonds is 7. The van der Waals surface area contributed by atoms with Gasteiger partial charge in [0.15, 0.2) is 17.6 Å². The van der Waals surface area contributed by atoms with E-state index < -0.39 is 11.6 Å². The summed E-state index contributed by atoms with van der Waals surface area (Å²) in [5.41, 5.74) is 0.747. The second-order valence-corrected chi connectivity index (χ2v) is 7.72. The molecule has 156 valence electrons. The van der Waals surface area contributed by atoms with Crippen molar-refractivity contribution >= 4 is 11.6 Å². The normalized spacial score (nSPS) is 23.4. The predicted octanol–water partition coefficient (Wildman–Crippen LogP) is 2.83. The molecule has 0 bridgehead atoms. The number of likely N-dealkylation sites (N-methyl/N-ethyl adjacent to an activating group) is 1. The van der Waals surface area contributed by atoms with Gasteiger partial charge in [-0.1, -0.05) is 6.92 Å². The molecule has 5 nitrogen and oxygen atoms in total. The van der Waals surface area contributed by atoms with E-state index in [1.54, 1.807) is 6.07 Å². The summed E-state index contributed by atoms with van der Waals surface area (Å²) in [4.78, 5) is 9.42. The zero-order chi connectivity index (χ0) is 19.9. The number of aliphatic imine (C=N–C) groups is 1. The lowest BCUT2D eigenvalue weighted by atomic mass is 10.1. The van der Waals surface area contributed by atoms with Crippen LogP contribution in [-0.2, 0) is 0 Å². The standard InChI is InChI=1S/C21H33F2N5/c1-3-24-21(26-14-18-6-5-10-27(18)4-2)25-13-16-9-11-28(15-16)17-7-8-19(22)20(23)12-17/h7-8,12,16,18H,3-6,9-11,13-15H2,1-2H3,(H2,24,25,26). The smallest absolute Gasteiger partial charge is 0.191 e. The molecule has 3 rings (SSSR count). The van der Waals surface area contributed by atoms with Crippen molar-refractivity contribution in [3.05, 3.63) is 29.8 Å². The summed E-state index contributed by atoms with van der Waals surface area (Å²) in [7, 11) is 0. The van der Waals surface area contributed by atoms with Gasteiger partial charge in [0.05, 0.1) is 0 Å². The molecule has 2 N–H and O–H groups in total. The predicted molar refractivity (Wildman–Crippen MR) is 111 cm³/mol. The molecular weight excluding hydrogens is 360 g/mol. The molecule has 1 aromatic carbocycles. The number of hydrogen-bond donors (Lipinski definition) is 2. The third-order valence-electron chi connectivity index (χ3n) is 5.82. The molecule has 0 aromatic heterocycles. The first-order valence-corrected chi connectivity index (χ1v) is 10.6. The fourth-order valence-corrected chi connectivity index (χ4v) is 4.22. The van der Waals surface area contributed by atoms with Crippen LogP contribution in [-0.4, -0.2) is 62.7 Å². The van der Waals surface area contributed by atoms with Crippen LogP contribution in [0.5, 0.6) is 0 Å². The van der Waals surface area contributed by atoms with Crippen LogP contribution in [0.1, 0.15) is 33.1 Å². The summed E-state index contributed by atoms with van der Waals surface area (Å²) in [6.07, 6.45) is 3.52. The molecule has 0 radical (unpaired) electrons. The fourth-order valence-electron chi connectivity index (χ4n) is 4.22. The fraction of sp³-hybridized carbons (Fsp3) is 0.667. The van der Waals surface area contributed by atoms with Gasteiger partial charge in [0.1, 0.15) is 0 Å². The van der Waals surface area contributed by atoms with Crippen molar-refractivity contribution < 1.29 is 8.78 Å². The van der Waals surface area contributed by atoms with Gasteiger partial charge in [-0.25, -0.2) is 8.78 Å². The van der Waals surface area contributed by atoms with Crippen molar-refractivity contribution in [1.82, 2.24) is 15.5 Å². The van der Waals surface area contributed by atoms with Gasteiger partial charge in [-0.15, -0.1) is 0 Å². The minimum absolute atomic E-state index is 0.419. The molecule has 2 saturated heterocycles. The molecule has 2 aliphatic rings. The first-order chi connectivity index (χ1) is 13.6. The van der Waals surface area contributed by atoms with Crippen molar-refractivity contribution in [3.63, 3.8) is 0 Å². The molecule has 28 heavy (non-hydrogen) atoms. The second kappa shape index (κ2) is 10.0. The van der Waals surface area contributed by atoms with E-state index in [0.717, 1.165) is 57.3 Å². The molecule has 2 unspecified atom stereocenters. The van der Waals surface area contributed by atoms with Crippen LogP contribution in [0.15, 0.2) is 23.2 Å². The number of nitrogens with one attached hydrogen (secondary N) is 2. The maximum Gasteiger partial charge on any atom is 0.191 e. The summed E-state index contributed by atoms with van der Waals surface area (Å²) in [5.74, 6) is -0.293. The van der Waals surface area contributed by atoms with Gasteiger partial charge in [-0.2, -0.15) is 0 Å². The molecule has 2 aliphatic heterocycles. The number of hydrogen-bond acceptors (Lipinski definition) is 3. The third kappa shape index (κ3) is 5.34. The van der Waals surface area contributed by atoms with E-state index in [9.17, 15) is 8.78 Å². The Morgan fingerprint density at radius 3 is 2.75 bits per heavy atom. The van der Waals surface area contributed by atoms with Crippen molar-refractivity contribution in [2.45, 2.75) is 39.2 Å². The van der Waals surface area contributed by atoms with E-state index in [1.165, 1.54) is 31.5 Å². The quantitative estimate of drug-likeness (QED) is 0.552. The Hall–Kier alpha value is -1.89. The summed E-state index contributed by atoms with van der Waals surface area (Å²) in [6.45, 7) is 10.7. The van der Waals surface area contributed by atoms with Gasteiger partial charge in [0.25, 0.3) is 0 Å². The van der Waals surface area contributed by atoms with Crippen molar-refractivity contribution in [2.24, 2.45) is 10.9 Å². The van der Waals surface area contributed by atoms with Crippen molar-refractivity contribution in [1.29, 1.82) is 0 Å². The minimum atomic E-state index is -0.797. The summed E-state index contributed by atoms with van der Waals surface area (Å²) < 4.78 is 26.6. The van der Waals surface area contributed by atoms with Crippen LogP contribution in [0.2, 0.25) is 0 Å². The highest BCUT2D eigenvalue weighted by atomic mass is 19.2. The lowest BCUT2D eigenvalue weighted by molar-refractivity contribution is 0.267. The highest BCUT2D eigenvalue weighted by Gasteiger charge is 2.24. The first-order valence-electron chi connectivity index (χ1n) is 10.6. The monoisotopic (exact) mass is 393 g/mol. The van der Waals surface area contributed by atoms with Crippen molar-refractivity contribution in [3.8, 4) is 0 Å². The Morgan fingerprint density at radius 2 is 2.00 bits per heavy atom. The van der Waals surface area contributed by atoms with E-state index in [2.05, 4.69) is 34.3 Å². The number of nitrogens with zero attached hydrogens (tertiary/aromatic N) is 3. The second-order valence-electron chi connectivity index (χ2n) is 7.72. The van der Waals surface area contributed by atoms with Crippen LogP contribution >= 0.6 is 0 Å². The Kier molecular flexibility index (Phi) is 7.48. The Bertz CT molecular complexity index is 666. The van der Waals surface area contributed by atoms with E-state index in [0.29, 0.717) is 12.0 Å². The van der Waals surface area contributed by atoms with Crippen LogP contribution in [0.4, 0.5) is 14.5 Å². The Balaban J connectivity index is 1.51. The van der Waals surface area contributed by atoms with Crippen LogP contribution < -0.4 is 15.5 Å². The molecule has 0 amide bonds. The number of halogens is 2. The summed E-state index contributed by atoms with van der Waals surface area (Å²) in [5, 5.41) is 6.84. The Labute approximate surface area is 167 Å². The van der Waals surface area contributed by atoms with E-state index in [4.69, 9.17) is 4.99 Å². The molecule has 7 heteroatoms. The van der Waals surface area contributed by atoms with Gasteiger partial charge in [0, 0.05) is 50.5 Å². The van der Waals surface area contributed by atoms with Crippen LogP contribution in [0, 0.1) is 17.6 Å². The van der Waals surface area contributed by atoms with Crippen molar-refractivity contribution in [2.75, 3.05) is 50.7 Å². The summed E-state index contributed by atoms with van der Waals surface area (Å²) >= 11 is 0. The maximum atomic E-state index is 13.5. The molecule has 2 fully saturated rings. The van der Waals surface area contributed by atoms with E-state index in [-0.39, 0.29) is 0 Å². The molecule has 0 aliphatic carbocycles. The molecular formula is C21H33F2N5. The first kappa shape index (κ1) is 20.8. The molecule has 0 spiro atoms. The average Bonchev–Trinajstić information content (AvgIpc) is 3.35. The highest BCUT2D eigenvalue weighted by Crippen LogP contribution is 2.25. The lowest BCUT2D eigenvalue weighted by Crippen LogP contribution is -2.45. The van der Waals surface area contributed by atoms with Gasteiger partial charge in [-0.3, -0.25) is 9.89 Å². The van der Waals surface area contributed by atoms with Gasteiger partial charge >= 0.3 is 0 Å². The largest absolute Gasteiger partial charge is 0.371 e. The lowest BCUT2D eigenvalue weighted by Gasteiger charge is -2.24. The zero-order valence-electron chi connectivity index (χ0n) is 17.1. The van der Waals surface area contributed by atoms with Crippen LogP contribution in [0.3, 0.4) is 0 Å². The molecule has 1 aromatic rings. The van der Waals surface area contributed by atoms with Gasteiger partial charge < -0.3 is 15.5 Å². The van der Waals surface area contributed by atoms with E-state index >= 15 is 0 Å². The average molecular weight is 394 g/mol. The van der Waals surface area contributed by atoms with Crippen LogP contribution in [0.25, 0.3) is 0 Å². The maximum absolute atomic E-state index is 13.5. The minimum Gasteiger partial charge on any atom is -0.371 e. The van der Waals surface area contributed by atoms with Gasteiger partial charge in [0.2, 0.25) is 0 Å². The number of likely N-dealkylation sites (tertiary alicyclic amines) is 1. The topological polar surface area (TPSA) is 42.9 Å². The van der Waals surface area contributed by atoms with Gasteiger partial charge in [-0.05, 0) is 57.3 Å². The number of benzene rings is 1. The highest BCUT2D eigenvalue weighted by molar-refractivity contribution is 5.79. The third-order valence-corrected chi connectivity index (χ3v) is 5.82. The number of anilines is 1.